The van der Waals surface area contributed by atoms with Crippen molar-refractivity contribution >= 4 is 5.91 Å². The number of halogens is 1. The fraction of sp³-hybridized carbons (Fsp3) is 0.381. The Morgan fingerprint density at radius 3 is 2.81 bits per heavy atom. The minimum atomic E-state index is -0.277. The van der Waals surface area contributed by atoms with E-state index in [2.05, 4.69) is 23.5 Å². The predicted octanol–water partition coefficient (Wildman–Crippen LogP) is 1.91. The van der Waals surface area contributed by atoms with Crippen LogP contribution in [0.25, 0.3) is 0 Å². The quantitative estimate of drug-likeness (QED) is 0.795. The lowest BCUT2D eigenvalue weighted by atomic mass is 9.88. The average molecular weight is 357 g/mol. The Hall–Kier alpha value is -2.40. The van der Waals surface area contributed by atoms with Crippen molar-refractivity contribution in [2.45, 2.75) is 25.3 Å². The number of benzene rings is 2. The van der Waals surface area contributed by atoms with Crippen molar-refractivity contribution in [1.82, 2.24) is 5.32 Å². The SMILES string of the molecule is C[NH+](CCOc1ccc(F)cc1)CC(=O)N[C@H]1CCCc2ccccc21. The zero-order chi connectivity index (χ0) is 18.4. The van der Waals surface area contributed by atoms with Crippen molar-refractivity contribution in [3.05, 3.63) is 65.5 Å². The van der Waals surface area contributed by atoms with Crippen LogP contribution in [0, 0.1) is 5.82 Å². The molecule has 0 bridgehead atoms. The summed E-state index contributed by atoms with van der Waals surface area (Å²) in [5.41, 5.74) is 2.60. The number of amides is 1. The fourth-order valence-electron chi connectivity index (χ4n) is 3.39. The van der Waals surface area contributed by atoms with Crippen LogP contribution in [0.15, 0.2) is 48.5 Å². The van der Waals surface area contributed by atoms with Crippen LogP contribution < -0.4 is 15.0 Å². The number of hydrogen-bond donors (Lipinski definition) is 2. The number of fused-ring (bicyclic) bond motifs is 1. The van der Waals surface area contributed by atoms with Crippen molar-refractivity contribution in [3.63, 3.8) is 0 Å². The molecule has 0 saturated heterocycles. The summed E-state index contributed by atoms with van der Waals surface area (Å²) in [6.45, 7) is 1.59. The topological polar surface area (TPSA) is 42.8 Å². The van der Waals surface area contributed by atoms with Crippen LogP contribution >= 0.6 is 0 Å². The second-order valence-corrected chi connectivity index (χ2v) is 6.90. The summed E-state index contributed by atoms with van der Waals surface area (Å²) in [5, 5.41) is 3.18. The summed E-state index contributed by atoms with van der Waals surface area (Å²) >= 11 is 0. The molecule has 0 spiro atoms. The van der Waals surface area contributed by atoms with Crippen LogP contribution in [-0.2, 0) is 11.2 Å². The molecule has 138 valence electrons. The Bertz CT molecular complexity index is 733. The Labute approximate surface area is 154 Å². The maximum Gasteiger partial charge on any atom is 0.275 e. The molecule has 3 rings (SSSR count). The van der Waals surface area contributed by atoms with E-state index in [0.717, 1.165) is 24.2 Å². The lowest BCUT2D eigenvalue weighted by Crippen LogP contribution is -3.10. The van der Waals surface area contributed by atoms with Gasteiger partial charge in [-0.3, -0.25) is 4.79 Å². The fourth-order valence-corrected chi connectivity index (χ4v) is 3.39. The molecule has 1 unspecified atom stereocenters. The maximum atomic E-state index is 12.9. The highest BCUT2D eigenvalue weighted by Gasteiger charge is 2.22. The summed E-state index contributed by atoms with van der Waals surface area (Å²) in [4.78, 5) is 13.5. The number of likely N-dealkylation sites (N-methyl/N-ethyl adjacent to an activating group) is 1. The molecule has 0 saturated carbocycles. The Balaban J connectivity index is 1.42. The van der Waals surface area contributed by atoms with E-state index >= 15 is 0 Å². The molecule has 0 radical (unpaired) electrons. The monoisotopic (exact) mass is 357 g/mol. The second kappa shape index (κ2) is 8.81. The first-order valence-electron chi connectivity index (χ1n) is 9.18. The highest BCUT2D eigenvalue weighted by atomic mass is 19.1. The van der Waals surface area contributed by atoms with E-state index in [1.165, 1.54) is 23.3 Å². The summed E-state index contributed by atoms with van der Waals surface area (Å²) in [6.07, 6.45) is 3.19. The first-order chi connectivity index (χ1) is 12.6. The number of carbonyl (C=O) groups is 1. The lowest BCUT2D eigenvalue weighted by molar-refractivity contribution is -0.871. The van der Waals surface area contributed by atoms with Crippen LogP contribution in [0.1, 0.15) is 30.0 Å². The minimum absolute atomic E-state index is 0.0611. The molecule has 4 nitrogen and oxygen atoms in total. The molecule has 26 heavy (non-hydrogen) atoms. The minimum Gasteiger partial charge on any atom is -0.488 e. The van der Waals surface area contributed by atoms with Gasteiger partial charge >= 0.3 is 0 Å². The Kier molecular flexibility index (Phi) is 6.23. The zero-order valence-electron chi connectivity index (χ0n) is 15.1. The normalized spacial score (nSPS) is 17.2. The standard InChI is InChI=1S/C21H25FN2O2/c1-24(13-14-26-18-11-9-17(22)10-12-18)15-21(25)23-20-8-4-6-16-5-2-3-7-19(16)20/h2-3,5,7,9-12,20H,4,6,8,13-15H2,1H3,(H,23,25)/p+1/t20-/m0/s1. The number of aryl methyl sites for hydroxylation is 1. The molecule has 2 N–H and O–H groups in total. The van der Waals surface area contributed by atoms with Gasteiger partial charge in [-0.15, -0.1) is 0 Å². The van der Waals surface area contributed by atoms with E-state index in [9.17, 15) is 9.18 Å². The van der Waals surface area contributed by atoms with Crippen molar-refractivity contribution in [2.75, 3.05) is 26.7 Å². The van der Waals surface area contributed by atoms with Gasteiger partial charge in [-0.1, -0.05) is 24.3 Å². The number of ether oxygens (including phenoxy) is 1. The maximum absolute atomic E-state index is 12.9. The third-order valence-corrected chi connectivity index (χ3v) is 4.78. The van der Waals surface area contributed by atoms with Crippen LogP contribution in [0.3, 0.4) is 0 Å². The van der Waals surface area contributed by atoms with Gasteiger partial charge in [0.1, 0.15) is 24.7 Å². The van der Waals surface area contributed by atoms with Gasteiger partial charge in [0.25, 0.3) is 5.91 Å². The lowest BCUT2D eigenvalue weighted by Gasteiger charge is -2.26. The molecule has 0 heterocycles. The highest BCUT2D eigenvalue weighted by molar-refractivity contribution is 5.77. The number of quaternary nitrogens is 1. The molecular formula is C21H26FN2O2+. The molecule has 2 atom stereocenters. The van der Waals surface area contributed by atoms with Gasteiger partial charge < -0.3 is 15.0 Å². The van der Waals surface area contributed by atoms with E-state index < -0.39 is 0 Å². The van der Waals surface area contributed by atoms with Crippen molar-refractivity contribution in [1.29, 1.82) is 0 Å². The average Bonchev–Trinajstić information content (AvgIpc) is 2.63. The third kappa shape index (κ3) is 5.05. The molecule has 1 aliphatic rings. The van der Waals surface area contributed by atoms with E-state index in [1.807, 2.05) is 13.1 Å². The smallest absolute Gasteiger partial charge is 0.275 e. The molecule has 0 aliphatic heterocycles. The van der Waals surface area contributed by atoms with E-state index in [-0.39, 0.29) is 17.8 Å². The largest absolute Gasteiger partial charge is 0.488 e. The molecule has 0 fully saturated rings. The van der Waals surface area contributed by atoms with Gasteiger partial charge in [-0.2, -0.15) is 0 Å². The highest BCUT2D eigenvalue weighted by Crippen LogP contribution is 2.29. The van der Waals surface area contributed by atoms with Crippen LogP contribution in [0.5, 0.6) is 5.75 Å². The molecule has 5 heteroatoms. The molecule has 0 aromatic heterocycles. The van der Waals surface area contributed by atoms with E-state index in [1.54, 1.807) is 12.1 Å². The number of nitrogens with one attached hydrogen (secondary N) is 2. The first kappa shape index (κ1) is 18.4. The zero-order valence-corrected chi connectivity index (χ0v) is 15.1. The summed E-state index contributed by atoms with van der Waals surface area (Å²) < 4.78 is 18.5. The third-order valence-electron chi connectivity index (χ3n) is 4.78. The molecule has 2 aromatic rings. The van der Waals surface area contributed by atoms with Gasteiger partial charge in [-0.05, 0) is 54.7 Å². The summed E-state index contributed by atoms with van der Waals surface area (Å²) in [5.74, 6) is 0.425. The number of rotatable bonds is 7. The Morgan fingerprint density at radius 1 is 1.23 bits per heavy atom. The Morgan fingerprint density at radius 2 is 2.00 bits per heavy atom. The molecular weight excluding hydrogens is 331 g/mol. The van der Waals surface area contributed by atoms with Crippen molar-refractivity contribution in [2.24, 2.45) is 0 Å². The van der Waals surface area contributed by atoms with Crippen molar-refractivity contribution < 1.29 is 18.8 Å². The summed E-state index contributed by atoms with van der Waals surface area (Å²) in [6, 6.07) is 14.5. The van der Waals surface area contributed by atoms with Crippen LogP contribution in [-0.4, -0.2) is 32.7 Å². The van der Waals surface area contributed by atoms with Gasteiger partial charge in [0.15, 0.2) is 6.54 Å². The van der Waals surface area contributed by atoms with Gasteiger partial charge in [0.2, 0.25) is 0 Å². The summed E-state index contributed by atoms with van der Waals surface area (Å²) in [7, 11) is 1.97. The van der Waals surface area contributed by atoms with Gasteiger partial charge in [0.05, 0.1) is 13.1 Å². The second-order valence-electron chi connectivity index (χ2n) is 6.90. The van der Waals surface area contributed by atoms with Crippen LogP contribution in [0.4, 0.5) is 4.39 Å². The van der Waals surface area contributed by atoms with E-state index in [4.69, 9.17) is 4.74 Å². The van der Waals surface area contributed by atoms with Crippen LogP contribution in [0.2, 0.25) is 0 Å². The first-order valence-corrected chi connectivity index (χ1v) is 9.18. The molecule has 1 aliphatic carbocycles. The number of hydrogen-bond acceptors (Lipinski definition) is 2. The van der Waals surface area contributed by atoms with E-state index in [0.29, 0.717) is 25.4 Å². The molecule has 2 aromatic carbocycles. The number of carbonyl (C=O) groups excluding carboxylic acids is 1. The predicted molar refractivity (Wildman–Crippen MR) is 98.8 cm³/mol. The van der Waals surface area contributed by atoms with Gasteiger partial charge in [0, 0.05) is 0 Å². The van der Waals surface area contributed by atoms with Crippen molar-refractivity contribution in [3.8, 4) is 5.75 Å². The van der Waals surface area contributed by atoms with Gasteiger partial charge in [-0.25, -0.2) is 4.39 Å². The molecule has 1 amide bonds.